The summed E-state index contributed by atoms with van der Waals surface area (Å²) in [6, 6.07) is 8.63. The number of hydrogen-bond acceptors (Lipinski definition) is 3. The van der Waals surface area contributed by atoms with Gasteiger partial charge in [0.2, 0.25) is 0 Å². The highest BCUT2D eigenvalue weighted by atomic mass is 32.2. The summed E-state index contributed by atoms with van der Waals surface area (Å²) < 4.78 is 21.8. The predicted molar refractivity (Wildman–Crippen MR) is 63.5 cm³/mol. The first kappa shape index (κ1) is 13.3. The molecule has 0 N–H and O–H groups in total. The third-order valence-corrected chi connectivity index (χ3v) is 2.86. The Morgan fingerprint density at radius 2 is 1.88 bits per heavy atom. The molecule has 0 bridgehead atoms. The fourth-order valence-corrected chi connectivity index (χ4v) is 2.04. The molecule has 0 fully saturated rings. The molecule has 6 heteroatoms. The second kappa shape index (κ2) is 5.52. The largest absolute Gasteiger partial charge is 0.361 e. The lowest BCUT2D eigenvalue weighted by molar-refractivity contribution is -0.116. The zero-order chi connectivity index (χ0) is 12.9. The highest BCUT2D eigenvalue weighted by Crippen LogP contribution is 2.03. The van der Waals surface area contributed by atoms with Crippen molar-refractivity contribution in [1.82, 2.24) is 0 Å². The van der Waals surface area contributed by atoms with Gasteiger partial charge in [-0.05, 0) is 12.1 Å². The molecule has 0 spiro atoms. The van der Waals surface area contributed by atoms with Gasteiger partial charge in [-0.15, -0.1) is 0 Å². The van der Waals surface area contributed by atoms with Crippen molar-refractivity contribution in [2.24, 2.45) is 0 Å². The molecule has 0 unspecified atom stereocenters. The highest BCUT2D eigenvalue weighted by Gasteiger charge is 2.19. The molecule has 0 aromatic heterocycles. The molecule has 1 rings (SSSR count). The molecular weight excluding hydrogens is 240 g/mol. The van der Waals surface area contributed by atoms with Gasteiger partial charge in [0.05, 0.1) is 5.56 Å². The summed E-state index contributed by atoms with van der Waals surface area (Å²) in [5, 5.41) is 0. The maximum Gasteiger partial charge on any atom is 0.306 e. The van der Waals surface area contributed by atoms with Gasteiger partial charge >= 0.3 is 5.71 Å². The highest BCUT2D eigenvalue weighted by molar-refractivity contribution is 7.91. The van der Waals surface area contributed by atoms with E-state index in [-0.39, 0.29) is 12.1 Å². The Morgan fingerprint density at radius 3 is 2.35 bits per heavy atom. The van der Waals surface area contributed by atoms with Crippen LogP contribution in [0, 0.1) is 0 Å². The maximum absolute atomic E-state index is 11.4. The molecule has 0 aliphatic heterocycles. The molecule has 0 saturated heterocycles. The van der Waals surface area contributed by atoms with E-state index in [1.807, 2.05) is 0 Å². The first-order chi connectivity index (χ1) is 7.92. The fraction of sp³-hybridized carbons (Fsp3) is 0.273. The smallest absolute Gasteiger partial charge is 0.306 e. The van der Waals surface area contributed by atoms with E-state index < -0.39 is 21.4 Å². The number of carbonyl (C=O) groups is 1. The summed E-state index contributed by atoms with van der Waals surface area (Å²) in [5.74, 6) is -1.04. The molecule has 0 heterocycles. The van der Waals surface area contributed by atoms with Crippen LogP contribution >= 0.6 is 0 Å². The first-order valence-corrected chi connectivity index (χ1v) is 6.94. The number of Topliss-reactive ketones (excluding diaryl/α,β-unsaturated/α-hetero) is 1. The Labute approximate surface area is 99.6 Å². The Hall–Kier alpha value is -1.78. The summed E-state index contributed by atoms with van der Waals surface area (Å²) in [6.45, 7) is 0. The summed E-state index contributed by atoms with van der Waals surface area (Å²) in [5.41, 5.74) is 9.57. The summed E-state index contributed by atoms with van der Waals surface area (Å²) >= 11 is 0. The zero-order valence-electron chi connectivity index (χ0n) is 9.33. The van der Waals surface area contributed by atoms with E-state index >= 15 is 0 Å². The quantitative estimate of drug-likeness (QED) is 0.439. The van der Waals surface area contributed by atoms with E-state index in [9.17, 15) is 13.2 Å². The molecule has 1 aromatic rings. The monoisotopic (exact) mass is 252 g/mol. The number of carbonyl (C=O) groups excluding carboxylic acids is 1. The molecule has 1 aromatic carbocycles. The Morgan fingerprint density at radius 1 is 1.29 bits per heavy atom. The number of ketones is 1. The van der Waals surface area contributed by atoms with Crippen molar-refractivity contribution in [3.05, 3.63) is 41.4 Å². The van der Waals surface area contributed by atoms with Crippen LogP contribution in [0.5, 0.6) is 0 Å². The average Bonchev–Trinajstić information content (AvgIpc) is 2.24. The number of benzene rings is 1. The Kier molecular flexibility index (Phi) is 4.31. The zero-order valence-corrected chi connectivity index (χ0v) is 10.1. The standard InChI is InChI=1S/C11H12N2O3S/c1-17(15,16)8-10(14)7-11(13-12)9-5-3-2-4-6-9/h2-6H,7-8H2,1H3. The van der Waals surface area contributed by atoms with Gasteiger partial charge in [-0.2, -0.15) is 4.79 Å². The SMILES string of the molecule is CS(=O)(=O)CC(=O)CC(=[N+]=[N-])c1ccccc1. The lowest BCUT2D eigenvalue weighted by Crippen LogP contribution is -2.18. The number of hydrogen-bond donors (Lipinski definition) is 0. The second-order valence-corrected chi connectivity index (χ2v) is 5.84. The van der Waals surface area contributed by atoms with Crippen LogP contribution in [0.25, 0.3) is 5.53 Å². The minimum atomic E-state index is -3.35. The molecule has 0 radical (unpaired) electrons. The van der Waals surface area contributed by atoms with Gasteiger partial charge in [0.15, 0.2) is 15.6 Å². The number of rotatable bonds is 5. The van der Waals surface area contributed by atoms with Crippen LogP contribution in [0.1, 0.15) is 12.0 Å². The van der Waals surface area contributed by atoms with Crippen molar-refractivity contribution in [3.8, 4) is 0 Å². The fourth-order valence-electron chi connectivity index (χ4n) is 1.36. The minimum Gasteiger partial charge on any atom is -0.361 e. The average molecular weight is 252 g/mol. The van der Waals surface area contributed by atoms with Crippen molar-refractivity contribution in [3.63, 3.8) is 0 Å². The number of nitrogens with zero attached hydrogens (tertiary/aromatic N) is 2. The van der Waals surface area contributed by atoms with Crippen molar-refractivity contribution < 1.29 is 18.0 Å². The molecule has 0 atom stereocenters. The van der Waals surface area contributed by atoms with E-state index in [1.165, 1.54) is 0 Å². The van der Waals surface area contributed by atoms with Crippen LogP contribution in [0.2, 0.25) is 0 Å². The molecule has 90 valence electrons. The van der Waals surface area contributed by atoms with Crippen LogP contribution in [0.4, 0.5) is 0 Å². The van der Waals surface area contributed by atoms with Crippen molar-refractivity contribution in [1.29, 1.82) is 0 Å². The molecule has 0 aliphatic carbocycles. The summed E-state index contributed by atoms with van der Waals surface area (Å²) in [6.07, 6.45) is 0.788. The minimum absolute atomic E-state index is 0.166. The van der Waals surface area contributed by atoms with Crippen LogP contribution < -0.4 is 0 Å². The van der Waals surface area contributed by atoms with E-state index in [2.05, 4.69) is 4.79 Å². The van der Waals surface area contributed by atoms with Crippen LogP contribution in [-0.2, 0) is 14.6 Å². The van der Waals surface area contributed by atoms with Crippen LogP contribution in [-0.4, -0.2) is 36.7 Å². The molecule has 0 saturated carbocycles. The lowest BCUT2D eigenvalue weighted by atomic mass is 10.1. The van der Waals surface area contributed by atoms with E-state index in [0.717, 1.165) is 6.26 Å². The van der Waals surface area contributed by atoms with Crippen LogP contribution in [0.15, 0.2) is 30.3 Å². The first-order valence-electron chi connectivity index (χ1n) is 4.88. The van der Waals surface area contributed by atoms with Gasteiger partial charge in [-0.25, -0.2) is 8.42 Å². The molecular formula is C11H12N2O3S. The third kappa shape index (κ3) is 4.72. The molecule has 17 heavy (non-hydrogen) atoms. The molecule has 5 nitrogen and oxygen atoms in total. The van der Waals surface area contributed by atoms with Gasteiger partial charge in [0.1, 0.15) is 12.2 Å². The Balaban J connectivity index is 2.81. The third-order valence-electron chi connectivity index (χ3n) is 2.02. The van der Waals surface area contributed by atoms with E-state index in [4.69, 9.17) is 5.53 Å². The van der Waals surface area contributed by atoms with Crippen molar-refractivity contribution in [2.75, 3.05) is 12.0 Å². The van der Waals surface area contributed by atoms with Crippen molar-refractivity contribution in [2.45, 2.75) is 6.42 Å². The van der Waals surface area contributed by atoms with Crippen LogP contribution in [0.3, 0.4) is 0 Å². The summed E-state index contributed by atoms with van der Waals surface area (Å²) in [4.78, 5) is 14.5. The normalized spacial score (nSPS) is 10.6. The summed E-state index contributed by atoms with van der Waals surface area (Å²) in [7, 11) is -3.35. The second-order valence-electron chi connectivity index (χ2n) is 3.70. The van der Waals surface area contributed by atoms with Gasteiger partial charge in [-0.1, -0.05) is 18.2 Å². The molecule has 0 aliphatic rings. The topological polar surface area (TPSA) is 87.6 Å². The van der Waals surface area contributed by atoms with Gasteiger partial charge in [0.25, 0.3) is 0 Å². The predicted octanol–water partition coefficient (Wildman–Crippen LogP) is 0.709. The maximum atomic E-state index is 11.4. The van der Waals surface area contributed by atoms with Gasteiger partial charge in [-0.3, -0.25) is 4.79 Å². The molecule has 0 amide bonds. The van der Waals surface area contributed by atoms with Gasteiger partial charge in [0, 0.05) is 6.26 Å². The lowest BCUT2D eigenvalue weighted by Gasteiger charge is -1.97. The van der Waals surface area contributed by atoms with Crippen molar-refractivity contribution >= 4 is 21.3 Å². The number of sulfone groups is 1. The Bertz CT molecular complexity index is 558. The van der Waals surface area contributed by atoms with E-state index in [0.29, 0.717) is 5.56 Å². The van der Waals surface area contributed by atoms with E-state index in [1.54, 1.807) is 30.3 Å². The van der Waals surface area contributed by atoms with Gasteiger partial charge < -0.3 is 5.53 Å².